The number of aromatic nitrogens is 1. The van der Waals surface area contributed by atoms with Crippen LogP contribution in [0.3, 0.4) is 0 Å². The lowest BCUT2D eigenvalue weighted by molar-refractivity contribution is -0.141. The number of methoxy groups -OCH3 is 1. The second kappa shape index (κ2) is 17.1. The summed E-state index contributed by atoms with van der Waals surface area (Å²) in [6.07, 6.45) is 12.2. The molecule has 0 radical (unpaired) electrons. The van der Waals surface area contributed by atoms with E-state index < -0.39 is 68.7 Å². The Morgan fingerprint density at radius 1 is 1.00 bits per heavy atom. The van der Waals surface area contributed by atoms with Gasteiger partial charge in [0.1, 0.15) is 35.2 Å². The van der Waals surface area contributed by atoms with Crippen LogP contribution in [0.5, 0.6) is 11.5 Å². The average Bonchev–Trinajstić information content (AvgIpc) is 4.17. The Morgan fingerprint density at radius 2 is 1.80 bits per heavy atom. The third-order valence-corrected chi connectivity index (χ3v) is 14.3. The first-order valence-corrected chi connectivity index (χ1v) is 23.0. The molecule has 15 heteroatoms. The summed E-state index contributed by atoms with van der Waals surface area (Å²) in [6, 6.07) is 13.3. The van der Waals surface area contributed by atoms with Gasteiger partial charge >= 0.3 is 6.09 Å². The van der Waals surface area contributed by atoms with Crippen LogP contribution >= 0.6 is 0 Å². The highest BCUT2D eigenvalue weighted by Crippen LogP contribution is 2.46. The van der Waals surface area contributed by atoms with E-state index in [4.69, 9.17) is 19.2 Å². The van der Waals surface area contributed by atoms with E-state index >= 15 is 0 Å². The molecule has 1 aromatic heterocycles. The third kappa shape index (κ3) is 9.41. The van der Waals surface area contributed by atoms with E-state index in [2.05, 4.69) is 21.4 Å². The quantitative estimate of drug-likeness (QED) is 0.251. The van der Waals surface area contributed by atoms with Gasteiger partial charge in [0.15, 0.2) is 0 Å². The number of pyridine rings is 1. The van der Waals surface area contributed by atoms with E-state index in [9.17, 15) is 27.6 Å². The van der Waals surface area contributed by atoms with Crippen LogP contribution in [0.15, 0.2) is 66.8 Å². The lowest BCUT2D eigenvalue weighted by atomic mass is 9.88. The van der Waals surface area contributed by atoms with Gasteiger partial charge in [-0.2, -0.15) is 0 Å². The summed E-state index contributed by atoms with van der Waals surface area (Å²) in [5.41, 5.74) is 1.04. The first-order chi connectivity index (χ1) is 29.2. The molecular weight excluding hydrogens is 799 g/mol. The molecule has 3 aromatic rings. The van der Waals surface area contributed by atoms with Gasteiger partial charge in [-0.1, -0.05) is 81.3 Å². The van der Waals surface area contributed by atoms with Crippen molar-refractivity contribution < 1.29 is 41.8 Å². The molecule has 5 bridgehead atoms. The Labute approximate surface area is 356 Å². The predicted octanol–water partition coefficient (Wildman–Crippen LogP) is 6.19. The maximum Gasteiger partial charge on any atom is 0.407 e. The van der Waals surface area contributed by atoms with E-state index in [1.165, 1.54) is 4.90 Å². The van der Waals surface area contributed by atoms with Crippen LogP contribution < -0.4 is 24.8 Å². The van der Waals surface area contributed by atoms with Crippen molar-refractivity contribution in [3.63, 3.8) is 0 Å². The minimum atomic E-state index is -3.91. The topological polar surface area (TPSA) is 182 Å². The lowest BCUT2D eigenvalue weighted by Crippen LogP contribution is -2.58. The minimum absolute atomic E-state index is 0.0107. The molecule has 5 atom stereocenters. The van der Waals surface area contributed by atoms with Crippen molar-refractivity contribution in [2.75, 3.05) is 20.3 Å². The van der Waals surface area contributed by atoms with Crippen molar-refractivity contribution in [1.29, 1.82) is 0 Å². The number of nitrogens with zero attached hydrogens (tertiary/aromatic N) is 2. The number of hydrogen-bond donors (Lipinski definition) is 3. The van der Waals surface area contributed by atoms with Crippen LogP contribution in [0.1, 0.15) is 90.0 Å². The molecule has 4 heterocycles. The molecule has 8 rings (SSSR count). The van der Waals surface area contributed by atoms with Gasteiger partial charge in [-0.3, -0.25) is 19.1 Å². The number of fused-ring (bicyclic) bond motifs is 4. The number of alkyl carbamates (subject to hydrolysis) is 1. The number of cyclic esters (lactones) is 1. The summed E-state index contributed by atoms with van der Waals surface area (Å²) in [5.74, 6) is -1.20. The van der Waals surface area contributed by atoms with Gasteiger partial charge in [0.25, 0.3) is 5.91 Å². The molecule has 3 aliphatic heterocycles. The molecule has 61 heavy (non-hydrogen) atoms. The van der Waals surface area contributed by atoms with Crippen molar-refractivity contribution in [3.8, 4) is 22.8 Å². The molecule has 1 saturated heterocycles. The molecule has 0 unspecified atom stereocenters. The summed E-state index contributed by atoms with van der Waals surface area (Å²) < 4.78 is 46.6. The zero-order chi connectivity index (χ0) is 42.9. The summed E-state index contributed by atoms with van der Waals surface area (Å²) in [7, 11) is -2.30. The first-order valence-electron chi connectivity index (χ1n) is 21.5. The van der Waals surface area contributed by atoms with Crippen molar-refractivity contribution >= 4 is 50.8 Å². The molecule has 324 valence electrons. The zero-order valence-corrected chi connectivity index (χ0v) is 35.8. The minimum Gasteiger partial charge on any atom is -0.496 e. The van der Waals surface area contributed by atoms with Crippen LogP contribution in [0.4, 0.5) is 4.79 Å². The van der Waals surface area contributed by atoms with Crippen LogP contribution in [0.25, 0.3) is 28.2 Å². The highest BCUT2D eigenvalue weighted by atomic mass is 32.2. The molecule has 4 amide bonds. The third-order valence-electron chi connectivity index (χ3n) is 12.5. The van der Waals surface area contributed by atoms with Gasteiger partial charge in [-0.05, 0) is 62.8 Å². The zero-order valence-electron chi connectivity index (χ0n) is 35.0. The number of sulfonamides is 1. The highest BCUT2D eigenvalue weighted by molar-refractivity contribution is 7.91. The van der Waals surface area contributed by atoms with Crippen LogP contribution in [-0.4, -0.2) is 91.4 Å². The Balaban J connectivity index is 1.20. The SMILES string of the molecule is COc1cc2nc(-c3ccccc3)cc3c2cc1/C=C/CCC(C)(C)COC(=O)N[C@H]1CCCCC/C=C\[C@H]2C[C@@]2(C(=O)NS(=O)(=O)C2CC2)NC(=O)[C@@H]2C[C@H](CN2C1=O)O3. The number of amides is 4. The van der Waals surface area contributed by atoms with Crippen LogP contribution in [-0.2, 0) is 29.1 Å². The number of rotatable bonds is 5. The highest BCUT2D eigenvalue weighted by Gasteiger charge is 2.62. The van der Waals surface area contributed by atoms with E-state index in [1.54, 1.807) is 7.11 Å². The number of nitrogens with one attached hydrogen (secondary N) is 3. The summed E-state index contributed by atoms with van der Waals surface area (Å²) in [4.78, 5) is 63.3. The largest absolute Gasteiger partial charge is 0.496 e. The summed E-state index contributed by atoms with van der Waals surface area (Å²) >= 11 is 0. The maximum absolute atomic E-state index is 14.8. The predicted molar refractivity (Wildman–Crippen MR) is 230 cm³/mol. The van der Waals surface area contributed by atoms with E-state index in [1.807, 2.05) is 80.6 Å². The fourth-order valence-corrected chi connectivity index (χ4v) is 9.99. The Bertz CT molecular complexity index is 2360. The Hall–Kier alpha value is -5.44. The molecule has 5 aliphatic rings. The van der Waals surface area contributed by atoms with Crippen LogP contribution in [0.2, 0.25) is 0 Å². The molecule has 3 fully saturated rings. The first kappa shape index (κ1) is 42.3. The van der Waals surface area contributed by atoms with Crippen molar-refractivity contribution in [1.82, 2.24) is 25.2 Å². The fraction of sp³-hybridized carbons (Fsp3) is 0.500. The van der Waals surface area contributed by atoms with Crippen molar-refractivity contribution in [2.24, 2.45) is 11.3 Å². The molecule has 0 spiro atoms. The number of allylic oxidation sites excluding steroid dienone is 2. The van der Waals surface area contributed by atoms with E-state index in [0.717, 1.165) is 24.0 Å². The number of ether oxygens (including phenoxy) is 3. The molecular formula is C46H55N5O9S. The van der Waals surface area contributed by atoms with Crippen molar-refractivity contribution in [3.05, 3.63) is 72.3 Å². The second-order valence-corrected chi connectivity index (χ2v) is 19.8. The van der Waals surface area contributed by atoms with E-state index in [-0.39, 0.29) is 31.4 Å². The number of carbonyl (C=O) groups is 4. The monoisotopic (exact) mass is 853 g/mol. The standard InChI is InChI=1S/C46H55N5O9S/c1-45(2)21-13-12-16-30-22-34-37(25-39(30)58-3)47-36(29-14-8-7-9-15-29)24-40(34)60-32-23-38-41(52)49-46(43(54)50-61(56,57)33-19-20-33)26-31(46)17-10-5-4-6-11-18-35(42(53)51(38)27-32)48-44(55)59-28-45/h7-10,12,14-17,22,24-25,31-33,35,38H,4-6,11,13,18-21,23,26-28H2,1-3H3,(H,48,55)(H,49,52)(H,50,54)/b16-12+,17-10-/t31-,32+,35-,38-,46+/m0/s1. The number of benzene rings is 2. The summed E-state index contributed by atoms with van der Waals surface area (Å²) in [6.45, 7) is 4.14. The molecule has 2 saturated carbocycles. The molecule has 2 aromatic carbocycles. The average molecular weight is 854 g/mol. The Kier molecular flexibility index (Phi) is 11.9. The normalized spacial score (nSPS) is 28.2. The number of carbonyl (C=O) groups excluding carboxylic acids is 4. The van der Waals surface area contributed by atoms with Gasteiger partial charge < -0.3 is 29.7 Å². The fourth-order valence-electron chi connectivity index (χ4n) is 8.63. The smallest absolute Gasteiger partial charge is 0.407 e. The Morgan fingerprint density at radius 3 is 2.57 bits per heavy atom. The van der Waals surface area contributed by atoms with Gasteiger partial charge in [-0.15, -0.1) is 0 Å². The van der Waals surface area contributed by atoms with E-state index in [0.29, 0.717) is 73.0 Å². The maximum atomic E-state index is 14.8. The van der Waals surface area contributed by atoms with Crippen molar-refractivity contribution in [2.45, 2.75) is 113 Å². The number of hydrogen-bond acceptors (Lipinski definition) is 10. The van der Waals surface area contributed by atoms with Gasteiger partial charge in [0, 0.05) is 41.0 Å². The van der Waals surface area contributed by atoms with Gasteiger partial charge in [0.05, 0.1) is 36.7 Å². The van der Waals surface area contributed by atoms with Crippen LogP contribution in [0, 0.1) is 11.3 Å². The second-order valence-electron chi connectivity index (χ2n) is 17.9. The molecule has 14 nitrogen and oxygen atoms in total. The molecule has 2 aliphatic carbocycles. The molecule has 3 N–H and O–H groups in total. The van der Waals surface area contributed by atoms with Gasteiger partial charge in [-0.25, -0.2) is 18.2 Å². The van der Waals surface area contributed by atoms with Gasteiger partial charge in [0.2, 0.25) is 21.8 Å². The summed E-state index contributed by atoms with van der Waals surface area (Å²) in [5, 5.41) is 5.83. The lowest BCUT2D eigenvalue weighted by Gasteiger charge is -2.30.